The second kappa shape index (κ2) is 3.84. The van der Waals surface area contributed by atoms with Gasteiger partial charge < -0.3 is 0 Å². The van der Waals surface area contributed by atoms with Gasteiger partial charge in [0.2, 0.25) is 0 Å². The van der Waals surface area contributed by atoms with Crippen LogP contribution in [0.25, 0.3) is 0 Å². The van der Waals surface area contributed by atoms with Crippen LogP contribution >= 0.6 is 12.6 Å². The first-order valence-electron chi connectivity index (χ1n) is 2.46. The van der Waals surface area contributed by atoms with E-state index in [-0.39, 0.29) is 0 Å². The molecule has 0 aromatic carbocycles. The lowest BCUT2D eigenvalue weighted by atomic mass is 9.98. The number of hydrogen-bond acceptors (Lipinski definition) is 1. The van der Waals surface area contributed by atoms with Crippen LogP contribution in [0, 0.1) is 0 Å². The lowest BCUT2D eigenvalue weighted by molar-refractivity contribution is 1.62. The molecular formula is C6H9BS. The highest BCUT2D eigenvalue weighted by atomic mass is 32.1. The first-order valence-corrected chi connectivity index (χ1v) is 2.90. The van der Waals surface area contributed by atoms with E-state index >= 15 is 0 Å². The lowest BCUT2D eigenvalue weighted by Gasteiger charge is -1.88. The fraction of sp³-hybridized carbons (Fsp3) is 0.333. The van der Waals surface area contributed by atoms with Crippen LogP contribution in [0.2, 0.25) is 0 Å². The van der Waals surface area contributed by atoms with Gasteiger partial charge in [-0.15, -0.1) is 18.1 Å². The number of allylic oxidation sites excluding steroid dienone is 3. The Morgan fingerprint density at radius 3 is 2.25 bits per heavy atom. The summed E-state index contributed by atoms with van der Waals surface area (Å²) < 4.78 is 0. The molecule has 0 heterocycles. The van der Waals surface area contributed by atoms with E-state index in [1.165, 1.54) is 0 Å². The molecule has 2 radical (unpaired) electrons. The average molecular weight is 124 g/mol. The zero-order valence-corrected chi connectivity index (χ0v) is 6.07. The fourth-order valence-electron chi connectivity index (χ4n) is 0.317. The third-order valence-electron chi connectivity index (χ3n) is 0.671. The van der Waals surface area contributed by atoms with Crippen molar-refractivity contribution in [2.45, 2.75) is 13.8 Å². The maximum atomic E-state index is 5.34. The minimum absolute atomic E-state index is 0.785. The highest BCUT2D eigenvalue weighted by molar-refractivity contribution is 7.84. The zero-order chi connectivity index (χ0) is 6.57. The van der Waals surface area contributed by atoms with E-state index in [4.69, 9.17) is 7.85 Å². The van der Waals surface area contributed by atoms with Crippen LogP contribution in [0.4, 0.5) is 0 Å². The van der Waals surface area contributed by atoms with Crippen molar-refractivity contribution < 1.29 is 0 Å². The van der Waals surface area contributed by atoms with Crippen LogP contribution in [-0.4, -0.2) is 7.85 Å². The lowest BCUT2D eigenvalue weighted by Crippen LogP contribution is -1.70. The van der Waals surface area contributed by atoms with Crippen molar-refractivity contribution in [3.8, 4) is 0 Å². The van der Waals surface area contributed by atoms with Gasteiger partial charge in [0.05, 0.1) is 0 Å². The minimum atomic E-state index is 0.785. The van der Waals surface area contributed by atoms with E-state index in [9.17, 15) is 0 Å². The van der Waals surface area contributed by atoms with Crippen molar-refractivity contribution >= 4 is 20.5 Å². The minimum Gasteiger partial charge on any atom is -0.144 e. The highest BCUT2D eigenvalue weighted by Gasteiger charge is 1.78. The van der Waals surface area contributed by atoms with Crippen molar-refractivity contribution in [3.63, 3.8) is 0 Å². The zero-order valence-electron chi connectivity index (χ0n) is 5.18. The van der Waals surface area contributed by atoms with Gasteiger partial charge >= 0.3 is 0 Å². The Labute approximate surface area is 57.5 Å². The van der Waals surface area contributed by atoms with Crippen LogP contribution in [0.5, 0.6) is 0 Å². The molecule has 0 aliphatic rings. The predicted octanol–water partition coefficient (Wildman–Crippen LogP) is 1.89. The van der Waals surface area contributed by atoms with Gasteiger partial charge in [-0.05, 0) is 11.8 Å². The molecule has 0 fully saturated rings. The van der Waals surface area contributed by atoms with Crippen molar-refractivity contribution in [2.24, 2.45) is 0 Å². The van der Waals surface area contributed by atoms with Crippen LogP contribution in [0.3, 0.4) is 0 Å². The van der Waals surface area contributed by atoms with E-state index < -0.39 is 0 Å². The smallest absolute Gasteiger partial charge is 0.107 e. The van der Waals surface area contributed by atoms with Gasteiger partial charge in [-0.3, -0.25) is 0 Å². The van der Waals surface area contributed by atoms with Gasteiger partial charge in [-0.1, -0.05) is 19.1 Å². The molecule has 0 aromatic rings. The van der Waals surface area contributed by atoms with E-state index in [0.29, 0.717) is 0 Å². The quantitative estimate of drug-likeness (QED) is 0.308. The van der Waals surface area contributed by atoms with Gasteiger partial charge in [0.15, 0.2) is 0 Å². The van der Waals surface area contributed by atoms with Gasteiger partial charge in [-0.25, -0.2) is 0 Å². The van der Waals surface area contributed by atoms with E-state index in [0.717, 1.165) is 10.4 Å². The van der Waals surface area contributed by atoms with Gasteiger partial charge in [0, 0.05) is 0 Å². The molecule has 0 unspecified atom stereocenters. The number of hydrogen-bond donors (Lipinski definition) is 1. The Morgan fingerprint density at radius 2 is 2.12 bits per heavy atom. The summed E-state index contributed by atoms with van der Waals surface area (Å²) in [5, 5.41) is 0. The first-order chi connectivity index (χ1) is 3.66. The van der Waals surface area contributed by atoms with Gasteiger partial charge in [0.25, 0.3) is 0 Å². The van der Waals surface area contributed by atoms with E-state index in [1.807, 2.05) is 26.0 Å². The van der Waals surface area contributed by atoms with Crippen LogP contribution in [0.15, 0.2) is 22.5 Å². The molecule has 42 valence electrons. The third kappa shape index (κ3) is 4.06. The summed E-state index contributed by atoms with van der Waals surface area (Å²) in [6.45, 7) is 3.75. The highest BCUT2D eigenvalue weighted by Crippen LogP contribution is 2.02. The Morgan fingerprint density at radius 1 is 1.62 bits per heavy atom. The van der Waals surface area contributed by atoms with Crippen LogP contribution < -0.4 is 0 Å². The molecular weight excluding hydrogens is 115 g/mol. The standard InChI is InChI=1S/C6H9BS/c1-3-6(8)4-5(2)7/h3-4,8H,1-2H3/b5-4+,6-3+. The summed E-state index contributed by atoms with van der Waals surface area (Å²) >= 11 is 4.07. The molecule has 0 N–H and O–H groups in total. The summed E-state index contributed by atoms with van der Waals surface area (Å²) in [5.41, 5.74) is 0.785. The number of thiol groups is 1. The molecule has 0 bridgehead atoms. The largest absolute Gasteiger partial charge is 0.144 e. The third-order valence-corrected chi connectivity index (χ3v) is 1.06. The van der Waals surface area contributed by atoms with Crippen molar-refractivity contribution in [2.75, 3.05) is 0 Å². The molecule has 0 saturated heterocycles. The summed E-state index contributed by atoms with van der Waals surface area (Å²) in [6.07, 6.45) is 3.70. The summed E-state index contributed by atoms with van der Waals surface area (Å²) in [4.78, 5) is 0.907. The molecule has 2 heteroatoms. The fourth-order valence-corrected chi connectivity index (χ4v) is 0.520. The molecule has 0 amide bonds. The van der Waals surface area contributed by atoms with Crippen molar-refractivity contribution in [1.29, 1.82) is 0 Å². The molecule has 0 saturated carbocycles. The maximum absolute atomic E-state index is 5.34. The molecule has 0 aliphatic carbocycles. The second-order valence-corrected chi connectivity index (χ2v) is 2.12. The predicted molar refractivity (Wildman–Crippen MR) is 42.3 cm³/mol. The van der Waals surface area contributed by atoms with Crippen molar-refractivity contribution in [1.82, 2.24) is 0 Å². The number of rotatable bonds is 1. The second-order valence-electron chi connectivity index (χ2n) is 1.60. The molecule has 0 rings (SSSR count). The molecule has 0 nitrogen and oxygen atoms in total. The monoisotopic (exact) mass is 124 g/mol. The SMILES string of the molecule is [B]/C(C)=C/C(S)=C\C. The summed E-state index contributed by atoms with van der Waals surface area (Å²) in [6, 6.07) is 0. The topological polar surface area (TPSA) is 0 Å². The normalized spacial score (nSPS) is 14.4. The van der Waals surface area contributed by atoms with E-state index in [1.54, 1.807) is 0 Å². The Kier molecular flexibility index (Phi) is 3.79. The summed E-state index contributed by atoms with van der Waals surface area (Å²) in [7, 11) is 5.34. The van der Waals surface area contributed by atoms with Gasteiger partial charge in [0.1, 0.15) is 7.85 Å². The first kappa shape index (κ1) is 7.89. The Balaban J connectivity index is 3.89. The van der Waals surface area contributed by atoms with Crippen LogP contribution in [0.1, 0.15) is 13.8 Å². The maximum Gasteiger partial charge on any atom is 0.107 e. The Bertz CT molecular complexity index is 120. The average Bonchev–Trinajstić information content (AvgIpc) is 1.65. The Hall–Kier alpha value is -0.105. The molecule has 0 spiro atoms. The van der Waals surface area contributed by atoms with E-state index in [2.05, 4.69) is 12.6 Å². The van der Waals surface area contributed by atoms with Gasteiger partial charge in [-0.2, -0.15) is 0 Å². The summed E-state index contributed by atoms with van der Waals surface area (Å²) in [5.74, 6) is 0. The van der Waals surface area contributed by atoms with Crippen LogP contribution in [-0.2, 0) is 0 Å². The molecule has 0 aromatic heterocycles. The molecule has 0 aliphatic heterocycles. The molecule has 8 heavy (non-hydrogen) atoms. The molecule has 0 atom stereocenters. The van der Waals surface area contributed by atoms with Crippen molar-refractivity contribution in [3.05, 3.63) is 22.5 Å².